The molecule has 0 aromatic carbocycles. The Hall–Kier alpha value is 0. The van der Waals surface area contributed by atoms with Crippen LogP contribution in [0, 0.1) is 22.7 Å². The number of rotatable bonds is 3. The summed E-state index contributed by atoms with van der Waals surface area (Å²) >= 11 is 0. The van der Waals surface area contributed by atoms with Crippen LogP contribution in [0.15, 0.2) is 0 Å². The normalized spacial score (nSPS) is 27.9. The Labute approximate surface area is 90.5 Å². The second-order valence-corrected chi connectivity index (χ2v) is 7.62. The molecule has 1 saturated carbocycles. The van der Waals surface area contributed by atoms with Crippen LogP contribution in [0.3, 0.4) is 0 Å². The van der Waals surface area contributed by atoms with Crippen molar-refractivity contribution >= 4 is 0 Å². The Morgan fingerprint density at radius 1 is 0.857 bits per heavy atom. The van der Waals surface area contributed by atoms with E-state index in [9.17, 15) is 0 Å². The number of hydrogen-bond donors (Lipinski definition) is 0. The Bertz CT molecular complexity index is 177. The molecule has 84 valence electrons. The minimum atomic E-state index is 0.537. The average molecular weight is 196 g/mol. The van der Waals surface area contributed by atoms with Crippen molar-refractivity contribution in [3.63, 3.8) is 0 Å². The molecule has 0 amide bonds. The van der Waals surface area contributed by atoms with Crippen LogP contribution < -0.4 is 0 Å². The quantitative estimate of drug-likeness (QED) is 0.603. The van der Waals surface area contributed by atoms with E-state index < -0.39 is 0 Å². The van der Waals surface area contributed by atoms with Crippen molar-refractivity contribution in [2.24, 2.45) is 22.7 Å². The summed E-state index contributed by atoms with van der Waals surface area (Å²) in [6.07, 6.45) is 5.80. The van der Waals surface area contributed by atoms with Crippen LogP contribution >= 0.6 is 0 Å². The van der Waals surface area contributed by atoms with E-state index in [1.807, 2.05) is 0 Å². The first-order chi connectivity index (χ1) is 6.17. The maximum Gasteiger partial charge on any atom is -0.0378 e. The summed E-state index contributed by atoms with van der Waals surface area (Å²) in [4.78, 5) is 0. The Morgan fingerprint density at radius 3 is 1.86 bits per heavy atom. The Kier molecular flexibility index (Phi) is 3.33. The topological polar surface area (TPSA) is 0 Å². The van der Waals surface area contributed by atoms with Crippen LogP contribution in [-0.4, -0.2) is 0 Å². The van der Waals surface area contributed by atoms with Gasteiger partial charge in [-0.15, -0.1) is 0 Å². The zero-order chi connectivity index (χ0) is 11.0. The van der Waals surface area contributed by atoms with E-state index in [0.717, 1.165) is 11.8 Å². The summed E-state index contributed by atoms with van der Waals surface area (Å²) in [6, 6.07) is 0. The molecule has 2 atom stereocenters. The fraction of sp³-hybridized carbons (Fsp3) is 1.00. The van der Waals surface area contributed by atoms with Gasteiger partial charge in [-0.1, -0.05) is 41.5 Å². The minimum absolute atomic E-state index is 0.537. The summed E-state index contributed by atoms with van der Waals surface area (Å²) in [6.45, 7) is 14.2. The molecule has 0 heterocycles. The lowest BCUT2D eigenvalue weighted by Crippen LogP contribution is -2.08. The van der Waals surface area contributed by atoms with Crippen molar-refractivity contribution in [2.75, 3.05) is 0 Å². The molecule has 1 fully saturated rings. The van der Waals surface area contributed by atoms with Crippen LogP contribution in [-0.2, 0) is 0 Å². The van der Waals surface area contributed by atoms with Gasteiger partial charge in [-0.3, -0.25) is 0 Å². The van der Waals surface area contributed by atoms with Gasteiger partial charge >= 0.3 is 0 Å². The highest BCUT2D eigenvalue weighted by molar-refractivity contribution is 4.89. The smallest absolute Gasteiger partial charge is 0.0378 e. The van der Waals surface area contributed by atoms with Gasteiger partial charge < -0.3 is 0 Å². The Balaban J connectivity index is 2.15. The van der Waals surface area contributed by atoms with Crippen molar-refractivity contribution in [3.8, 4) is 0 Å². The molecule has 1 rings (SSSR count). The molecule has 0 unspecified atom stereocenters. The first-order valence-corrected chi connectivity index (χ1v) is 6.17. The molecule has 14 heavy (non-hydrogen) atoms. The van der Waals surface area contributed by atoms with E-state index in [0.29, 0.717) is 10.8 Å². The summed E-state index contributed by atoms with van der Waals surface area (Å²) in [7, 11) is 0. The van der Waals surface area contributed by atoms with E-state index in [2.05, 4.69) is 41.5 Å². The average Bonchev–Trinajstić information content (AvgIpc) is 2.58. The molecule has 0 aliphatic heterocycles. The SMILES string of the molecule is CC(C)(C)CC[C@@H]1C[C@@H]1CC(C)(C)C. The van der Waals surface area contributed by atoms with E-state index in [4.69, 9.17) is 0 Å². The molecule has 0 heteroatoms. The first kappa shape index (κ1) is 12.1. The van der Waals surface area contributed by atoms with Crippen LogP contribution in [0.5, 0.6) is 0 Å². The van der Waals surface area contributed by atoms with Gasteiger partial charge in [-0.05, 0) is 48.3 Å². The van der Waals surface area contributed by atoms with Crippen LogP contribution in [0.25, 0.3) is 0 Å². The molecule has 0 N–H and O–H groups in total. The summed E-state index contributed by atoms with van der Waals surface area (Å²) < 4.78 is 0. The predicted molar refractivity (Wildman–Crippen MR) is 64.4 cm³/mol. The first-order valence-electron chi connectivity index (χ1n) is 6.17. The highest BCUT2D eigenvalue weighted by atomic mass is 14.4. The third-order valence-electron chi connectivity index (χ3n) is 3.21. The third kappa shape index (κ3) is 5.02. The molecule has 1 aliphatic carbocycles. The molecular weight excluding hydrogens is 168 g/mol. The van der Waals surface area contributed by atoms with Gasteiger partial charge in [-0.25, -0.2) is 0 Å². The Morgan fingerprint density at radius 2 is 1.43 bits per heavy atom. The van der Waals surface area contributed by atoms with E-state index >= 15 is 0 Å². The minimum Gasteiger partial charge on any atom is -0.0602 e. The van der Waals surface area contributed by atoms with E-state index in [1.165, 1.54) is 25.7 Å². The van der Waals surface area contributed by atoms with Crippen LogP contribution in [0.1, 0.15) is 67.2 Å². The van der Waals surface area contributed by atoms with Gasteiger partial charge in [0.1, 0.15) is 0 Å². The zero-order valence-corrected chi connectivity index (χ0v) is 11.0. The van der Waals surface area contributed by atoms with Gasteiger partial charge in [-0.2, -0.15) is 0 Å². The van der Waals surface area contributed by atoms with E-state index in [-0.39, 0.29) is 0 Å². The second kappa shape index (κ2) is 3.87. The largest absolute Gasteiger partial charge is 0.0602 e. The molecule has 0 spiro atoms. The van der Waals surface area contributed by atoms with Crippen LogP contribution in [0.4, 0.5) is 0 Å². The van der Waals surface area contributed by atoms with Crippen LogP contribution in [0.2, 0.25) is 0 Å². The van der Waals surface area contributed by atoms with Gasteiger partial charge in [0, 0.05) is 0 Å². The van der Waals surface area contributed by atoms with Crippen molar-refractivity contribution in [1.82, 2.24) is 0 Å². The lowest BCUT2D eigenvalue weighted by Gasteiger charge is -2.19. The van der Waals surface area contributed by atoms with E-state index in [1.54, 1.807) is 0 Å². The number of hydrogen-bond acceptors (Lipinski definition) is 0. The monoisotopic (exact) mass is 196 g/mol. The van der Waals surface area contributed by atoms with Crippen molar-refractivity contribution in [3.05, 3.63) is 0 Å². The highest BCUT2D eigenvalue weighted by Gasteiger charge is 2.39. The van der Waals surface area contributed by atoms with Crippen molar-refractivity contribution in [2.45, 2.75) is 67.2 Å². The lowest BCUT2D eigenvalue weighted by molar-refractivity contribution is 0.320. The van der Waals surface area contributed by atoms with Gasteiger partial charge in [0.25, 0.3) is 0 Å². The molecule has 0 bridgehead atoms. The summed E-state index contributed by atoms with van der Waals surface area (Å²) in [5.74, 6) is 2.12. The third-order valence-corrected chi connectivity index (χ3v) is 3.21. The lowest BCUT2D eigenvalue weighted by atomic mass is 9.86. The molecular formula is C14H28. The molecule has 0 aromatic heterocycles. The fourth-order valence-electron chi connectivity index (χ4n) is 2.32. The van der Waals surface area contributed by atoms with Crippen molar-refractivity contribution < 1.29 is 0 Å². The molecule has 0 radical (unpaired) electrons. The zero-order valence-electron chi connectivity index (χ0n) is 11.0. The molecule has 1 aliphatic rings. The second-order valence-electron chi connectivity index (χ2n) is 7.62. The van der Waals surface area contributed by atoms with Gasteiger partial charge in [0.2, 0.25) is 0 Å². The maximum absolute atomic E-state index is 2.37. The van der Waals surface area contributed by atoms with Crippen molar-refractivity contribution in [1.29, 1.82) is 0 Å². The molecule has 0 aromatic rings. The maximum atomic E-state index is 2.37. The predicted octanol–water partition coefficient (Wildman–Crippen LogP) is 4.89. The summed E-state index contributed by atoms with van der Waals surface area (Å²) in [5.41, 5.74) is 1.08. The van der Waals surface area contributed by atoms with Gasteiger partial charge in [0.05, 0.1) is 0 Å². The summed E-state index contributed by atoms with van der Waals surface area (Å²) in [5, 5.41) is 0. The highest BCUT2D eigenvalue weighted by Crippen LogP contribution is 2.49. The van der Waals surface area contributed by atoms with Gasteiger partial charge in [0.15, 0.2) is 0 Å². The fourth-order valence-corrected chi connectivity index (χ4v) is 2.32. The molecule has 0 nitrogen and oxygen atoms in total. The molecule has 0 saturated heterocycles. The standard InChI is InChI=1S/C14H28/c1-13(2,3)8-7-11-9-12(11)10-14(4,5)6/h11-12H,7-10H2,1-6H3/t11-,12-/m1/s1.